The Balaban J connectivity index is 1.71. The molecule has 2 amide bonds. The van der Waals surface area contributed by atoms with Gasteiger partial charge in [-0.05, 0) is 35.4 Å². The molecule has 1 saturated heterocycles. The minimum absolute atomic E-state index is 0.134. The molecule has 2 unspecified atom stereocenters. The fourth-order valence-corrected chi connectivity index (χ4v) is 3.69. The molecule has 0 spiro atoms. The zero-order chi connectivity index (χ0) is 26.4. The maximum atomic E-state index is 12.9. The molecule has 0 N–H and O–H groups in total. The smallest absolute Gasteiger partial charge is 0.430 e. The summed E-state index contributed by atoms with van der Waals surface area (Å²) in [5, 5.41) is 22.3. The molecular weight excluding hydrogens is 500 g/mol. The Labute approximate surface area is 209 Å². The fourth-order valence-electron chi connectivity index (χ4n) is 3.29. The molecule has 2 aromatic rings. The van der Waals surface area contributed by atoms with E-state index in [-0.39, 0.29) is 31.1 Å². The molecule has 2 atom stereocenters. The van der Waals surface area contributed by atoms with Crippen molar-refractivity contribution in [3.05, 3.63) is 79.9 Å². The second kappa shape index (κ2) is 11.4. The number of benzene rings is 2. The number of amides is 2. The minimum Gasteiger partial charge on any atom is -0.467 e. The van der Waals surface area contributed by atoms with Gasteiger partial charge in [-0.2, -0.15) is 17.6 Å². The van der Waals surface area contributed by atoms with E-state index in [0.717, 1.165) is 17.1 Å². The molecule has 3 rings (SSSR count). The van der Waals surface area contributed by atoms with Crippen LogP contribution in [0, 0.1) is 20.2 Å². The van der Waals surface area contributed by atoms with Gasteiger partial charge in [-0.3, -0.25) is 20.2 Å². The van der Waals surface area contributed by atoms with Crippen LogP contribution in [0.1, 0.15) is 11.1 Å². The van der Waals surface area contributed by atoms with Crippen molar-refractivity contribution in [3.63, 3.8) is 0 Å². The van der Waals surface area contributed by atoms with Crippen molar-refractivity contribution in [2.75, 3.05) is 13.7 Å². The van der Waals surface area contributed by atoms with Crippen LogP contribution >= 0.6 is 12.6 Å². The first-order chi connectivity index (χ1) is 17.1. The van der Waals surface area contributed by atoms with Crippen LogP contribution in [-0.4, -0.2) is 63.0 Å². The number of esters is 1. The van der Waals surface area contributed by atoms with Crippen LogP contribution < -0.4 is 0 Å². The first-order valence-corrected chi connectivity index (χ1v) is 10.8. The van der Waals surface area contributed by atoms with E-state index in [4.69, 9.17) is 14.2 Å². The summed E-state index contributed by atoms with van der Waals surface area (Å²) in [7, 11) is 1.11. The number of methoxy groups -OCH3 is 1. The highest BCUT2D eigenvalue weighted by molar-refractivity contribution is 7.81. The SMILES string of the molecule is COC(=O)C1C(S)CN(C(=O)OCc2ccc([N+](=O)[O-])cc2)N1C(=O)OCc1ccc([N+](=O)[O-])cc1. The van der Waals surface area contributed by atoms with Crippen molar-refractivity contribution >= 4 is 42.2 Å². The number of hydrazine groups is 1. The van der Waals surface area contributed by atoms with Crippen molar-refractivity contribution in [1.82, 2.24) is 10.0 Å². The molecule has 0 saturated carbocycles. The van der Waals surface area contributed by atoms with Crippen molar-refractivity contribution in [3.8, 4) is 0 Å². The summed E-state index contributed by atoms with van der Waals surface area (Å²) in [6, 6.07) is 9.28. The quantitative estimate of drug-likeness (QED) is 0.188. The van der Waals surface area contributed by atoms with E-state index in [2.05, 4.69) is 12.6 Å². The molecule has 1 heterocycles. The molecule has 0 aliphatic carbocycles. The summed E-state index contributed by atoms with van der Waals surface area (Å²) in [5.74, 6) is -0.840. The molecule has 190 valence electrons. The van der Waals surface area contributed by atoms with Gasteiger partial charge in [0.2, 0.25) is 0 Å². The topological polar surface area (TPSA) is 172 Å². The van der Waals surface area contributed by atoms with E-state index in [0.29, 0.717) is 11.1 Å². The second-order valence-electron chi connectivity index (χ2n) is 7.42. The lowest BCUT2D eigenvalue weighted by molar-refractivity contribution is -0.385. The van der Waals surface area contributed by atoms with Gasteiger partial charge in [0, 0.05) is 24.3 Å². The Morgan fingerprint density at radius 3 is 1.75 bits per heavy atom. The molecular formula is C21H20N4O10S. The fraction of sp³-hybridized carbons (Fsp3) is 0.286. The van der Waals surface area contributed by atoms with E-state index in [1.807, 2.05) is 0 Å². The number of rotatable bonds is 7. The maximum absolute atomic E-state index is 12.9. The summed E-state index contributed by atoms with van der Waals surface area (Å²) in [6.45, 7) is -0.752. The number of ether oxygens (including phenoxy) is 3. The summed E-state index contributed by atoms with van der Waals surface area (Å²) in [5.41, 5.74) is 0.602. The van der Waals surface area contributed by atoms with Crippen LogP contribution in [-0.2, 0) is 32.2 Å². The highest BCUT2D eigenvalue weighted by Crippen LogP contribution is 2.27. The molecule has 36 heavy (non-hydrogen) atoms. The summed E-state index contributed by atoms with van der Waals surface area (Å²) in [6.07, 6.45) is -2.07. The van der Waals surface area contributed by atoms with Gasteiger partial charge >= 0.3 is 18.2 Å². The largest absolute Gasteiger partial charge is 0.467 e. The first kappa shape index (κ1) is 26.2. The van der Waals surface area contributed by atoms with Gasteiger partial charge in [-0.25, -0.2) is 19.4 Å². The number of non-ortho nitro benzene ring substituents is 2. The van der Waals surface area contributed by atoms with Crippen molar-refractivity contribution in [2.45, 2.75) is 24.5 Å². The van der Waals surface area contributed by atoms with E-state index in [1.54, 1.807) is 0 Å². The highest BCUT2D eigenvalue weighted by atomic mass is 32.1. The van der Waals surface area contributed by atoms with Crippen molar-refractivity contribution in [1.29, 1.82) is 0 Å². The summed E-state index contributed by atoms with van der Waals surface area (Å²) >= 11 is 4.30. The van der Waals surface area contributed by atoms with Crippen LogP contribution in [0.2, 0.25) is 0 Å². The molecule has 1 aliphatic rings. The number of carbonyl (C=O) groups is 3. The van der Waals surface area contributed by atoms with Gasteiger partial charge in [0.05, 0.1) is 28.8 Å². The van der Waals surface area contributed by atoms with Crippen LogP contribution in [0.5, 0.6) is 0 Å². The number of nitrogens with zero attached hydrogens (tertiary/aromatic N) is 4. The lowest BCUT2D eigenvalue weighted by atomic mass is 10.2. The third kappa shape index (κ3) is 5.99. The normalized spacial score (nSPS) is 16.8. The zero-order valence-corrected chi connectivity index (χ0v) is 19.6. The van der Waals surface area contributed by atoms with Crippen molar-refractivity contribution < 1.29 is 38.4 Å². The third-order valence-corrected chi connectivity index (χ3v) is 5.55. The lowest BCUT2D eigenvalue weighted by Gasteiger charge is -2.29. The number of hydrogen-bond donors (Lipinski definition) is 1. The van der Waals surface area contributed by atoms with E-state index < -0.39 is 39.3 Å². The predicted octanol–water partition coefficient (Wildman–Crippen LogP) is 2.85. The van der Waals surface area contributed by atoms with E-state index >= 15 is 0 Å². The van der Waals surface area contributed by atoms with Crippen LogP contribution in [0.25, 0.3) is 0 Å². The molecule has 0 bridgehead atoms. The Bertz CT molecular complexity index is 1160. The molecule has 1 aliphatic heterocycles. The Hall–Kier alpha value is -4.40. The predicted molar refractivity (Wildman–Crippen MR) is 124 cm³/mol. The van der Waals surface area contributed by atoms with Gasteiger partial charge < -0.3 is 14.2 Å². The molecule has 14 nitrogen and oxygen atoms in total. The standard InChI is InChI=1S/C21H20N4O10S/c1-33-19(26)18-17(36)10-22(20(27)34-11-13-2-6-15(7-3-13)24(29)30)23(18)21(28)35-12-14-4-8-16(9-5-14)25(31)32/h2-9,17-18,36H,10-12H2,1H3. The van der Waals surface area contributed by atoms with Crippen LogP contribution in [0.3, 0.4) is 0 Å². The van der Waals surface area contributed by atoms with E-state index in [1.165, 1.54) is 48.5 Å². The van der Waals surface area contributed by atoms with Gasteiger partial charge in [-0.15, -0.1) is 0 Å². The second-order valence-corrected chi connectivity index (χ2v) is 8.08. The van der Waals surface area contributed by atoms with Gasteiger partial charge in [0.1, 0.15) is 13.2 Å². The average Bonchev–Trinajstić information content (AvgIpc) is 3.23. The number of nitro benzene ring substituents is 2. The maximum Gasteiger partial charge on any atom is 0.430 e. The number of carbonyl (C=O) groups excluding carboxylic acids is 3. The Morgan fingerprint density at radius 2 is 1.33 bits per heavy atom. The van der Waals surface area contributed by atoms with E-state index in [9.17, 15) is 34.6 Å². The van der Waals surface area contributed by atoms with Gasteiger partial charge in [-0.1, -0.05) is 0 Å². The molecule has 2 aromatic carbocycles. The first-order valence-electron chi connectivity index (χ1n) is 10.2. The molecule has 1 fully saturated rings. The highest BCUT2D eigenvalue weighted by Gasteiger charge is 2.50. The monoisotopic (exact) mass is 520 g/mol. The van der Waals surface area contributed by atoms with Crippen molar-refractivity contribution in [2.24, 2.45) is 0 Å². The van der Waals surface area contributed by atoms with Gasteiger partial charge in [0.25, 0.3) is 11.4 Å². The zero-order valence-electron chi connectivity index (χ0n) is 18.7. The summed E-state index contributed by atoms with van der Waals surface area (Å²) in [4.78, 5) is 58.4. The third-order valence-electron chi connectivity index (χ3n) is 5.11. The molecule has 0 radical (unpaired) electrons. The Morgan fingerprint density at radius 1 is 0.889 bits per heavy atom. The number of thiol groups is 1. The molecule has 15 heteroatoms. The average molecular weight is 520 g/mol. The Kier molecular flexibility index (Phi) is 8.26. The number of nitro groups is 2. The molecule has 0 aromatic heterocycles. The number of hydrogen-bond acceptors (Lipinski definition) is 11. The van der Waals surface area contributed by atoms with Crippen LogP contribution in [0.15, 0.2) is 48.5 Å². The lowest BCUT2D eigenvalue weighted by Crippen LogP contribution is -2.51. The van der Waals surface area contributed by atoms with Gasteiger partial charge in [0.15, 0.2) is 6.04 Å². The summed E-state index contributed by atoms with van der Waals surface area (Å²) < 4.78 is 15.2. The minimum atomic E-state index is -1.30. The van der Waals surface area contributed by atoms with Crippen LogP contribution in [0.4, 0.5) is 21.0 Å².